The van der Waals surface area contributed by atoms with Crippen LogP contribution in [0.25, 0.3) is 0 Å². The number of nitrogens with two attached hydrogens (primary N) is 1. The predicted molar refractivity (Wildman–Crippen MR) is 212 cm³/mol. The van der Waals surface area contributed by atoms with Crippen LogP contribution in [0, 0.1) is 0 Å². The molecule has 21 heteroatoms. The van der Waals surface area contributed by atoms with E-state index in [0.717, 1.165) is 16.0 Å². The van der Waals surface area contributed by atoms with E-state index in [4.69, 9.17) is 24.7 Å². The summed E-state index contributed by atoms with van der Waals surface area (Å²) in [7, 11) is 0.628. The summed E-state index contributed by atoms with van der Waals surface area (Å²) in [6.45, 7) is 5.23. The van der Waals surface area contributed by atoms with Crippen molar-refractivity contribution >= 4 is 107 Å². The number of nitrogens with one attached hydrogen (secondary N) is 1. The van der Waals surface area contributed by atoms with Crippen LogP contribution >= 0.6 is 64.8 Å². The zero-order valence-electron chi connectivity index (χ0n) is 29.5. The average Bonchev–Trinajstić information content (AvgIpc) is 3.71. The average molecular weight is 1060 g/mol. The first-order chi connectivity index (χ1) is 24.6. The predicted octanol–water partition coefficient (Wildman–Crippen LogP) is 4.34. The van der Waals surface area contributed by atoms with E-state index >= 15 is 0 Å². The molecule has 0 aromatic heterocycles. The summed E-state index contributed by atoms with van der Waals surface area (Å²) in [5.74, 6) is -3.03. The fraction of sp³-hybridized carbons (Fsp3) is 0.424. The van der Waals surface area contributed by atoms with Crippen LogP contribution in [-0.2, 0) is 65.5 Å². The third-order valence-corrected chi connectivity index (χ3v) is 6.65. The topological polar surface area (TPSA) is 210 Å². The summed E-state index contributed by atoms with van der Waals surface area (Å²) in [5, 5.41) is 2.23. The van der Waals surface area contributed by atoms with Crippen LogP contribution in [0.5, 0.6) is 0 Å². The summed E-state index contributed by atoms with van der Waals surface area (Å²) < 4.78 is 24.7. The number of ketones is 2. The molecule has 16 nitrogen and oxygen atoms in total. The second-order valence-corrected chi connectivity index (χ2v) is 23.6. The molecule has 0 aliphatic carbocycles. The van der Waals surface area contributed by atoms with Gasteiger partial charge in [-0.25, -0.2) is 24.0 Å². The Kier molecular flexibility index (Phi) is 25.4. The minimum atomic E-state index is -1.60. The van der Waals surface area contributed by atoms with Gasteiger partial charge in [0.05, 0.1) is 26.2 Å². The molecule has 2 aromatic rings. The maximum absolute atomic E-state index is 12.6. The molecule has 3 N–H and O–H groups in total. The number of alkyl carbamates (subject to hydrolysis) is 1. The normalized spacial score (nSPS) is 14.0. The molecule has 4 rings (SSSR count). The molecular weight excluding hydrogens is 1020 g/mol. The molecule has 2 fully saturated rings. The van der Waals surface area contributed by atoms with E-state index in [-0.39, 0.29) is 70.9 Å². The molecule has 2 atom stereocenters. The first-order valence-corrected chi connectivity index (χ1v) is 24.6. The molecule has 2 saturated heterocycles. The monoisotopic (exact) mass is 1060 g/mol. The van der Waals surface area contributed by atoms with Crippen molar-refractivity contribution in [1.82, 2.24) is 15.1 Å². The Morgan fingerprint density at radius 2 is 1.19 bits per heavy atom. The number of Topliss-reactive ketones (excluding diaryl/α,β-unsaturated/α-hetero) is 2. The Hall–Kier alpha value is -2.89. The maximum atomic E-state index is 12.6. The van der Waals surface area contributed by atoms with Gasteiger partial charge in [-0.15, -0.1) is 24.8 Å². The molecule has 3 amide bonds. The number of halogens is 4. The van der Waals surface area contributed by atoms with Crippen molar-refractivity contribution in [3.63, 3.8) is 0 Å². The molecule has 0 bridgehead atoms. The van der Waals surface area contributed by atoms with Crippen molar-refractivity contribution in [1.29, 1.82) is 0 Å². The molecule has 2 aliphatic rings. The molecule has 0 saturated carbocycles. The van der Waals surface area contributed by atoms with E-state index in [1.165, 1.54) is 4.90 Å². The van der Waals surface area contributed by atoms with E-state index in [9.17, 15) is 33.6 Å². The van der Waals surface area contributed by atoms with Crippen molar-refractivity contribution < 1.29 is 66.7 Å². The number of cyclic esters (lactones) is 2. The Bertz CT molecular complexity index is 1530. The zero-order valence-corrected chi connectivity index (χ0v) is 36.8. The van der Waals surface area contributed by atoms with Gasteiger partial charge in [0.15, 0.2) is 23.7 Å². The summed E-state index contributed by atoms with van der Waals surface area (Å²) >= 11 is 4.74. The Labute approximate surface area is 354 Å². The van der Waals surface area contributed by atoms with Gasteiger partial charge in [0, 0.05) is 0 Å². The standard InChI is InChI=1S/C19H24N2O7.C14H16N2O5.2ClH.2HI.V/c1-19(2,3)28-17(24)20-15(14(22)11-21-9-10-26-18(21)25)16(23)27-12-13-7-5-4-6-8-13;15-12(11(17)8-16-6-7-20-14(16)19)13(18)21-9-10-4-2-1-3-5-10;;;;;/h4-8,15H,9-12H2,1-3H3,(H,20,24);1-5,12H,6-9,15H2;4*1H;/q;;;;;;+2/p-2. The van der Waals surface area contributed by atoms with Gasteiger partial charge in [0.1, 0.15) is 32.0 Å². The molecule has 2 heterocycles. The zero-order chi connectivity index (χ0) is 38.7. The molecule has 0 spiro atoms. The van der Waals surface area contributed by atoms with Gasteiger partial charge in [-0.3, -0.25) is 19.4 Å². The number of carbonyl (C=O) groups is 7. The van der Waals surface area contributed by atoms with Gasteiger partial charge in [-0.05, 0) is 31.9 Å². The number of esters is 2. The number of ether oxygens (including phenoxy) is 5. The molecule has 299 valence electrons. The van der Waals surface area contributed by atoms with E-state index in [1.54, 1.807) is 57.2 Å². The Morgan fingerprint density at radius 1 is 0.778 bits per heavy atom. The third kappa shape index (κ3) is 19.6. The van der Waals surface area contributed by atoms with Gasteiger partial charge in [0.2, 0.25) is 0 Å². The fourth-order valence-electron chi connectivity index (χ4n) is 4.16. The summed E-state index contributed by atoms with van der Waals surface area (Å²) in [6, 6.07) is 14.9. The molecule has 54 heavy (non-hydrogen) atoms. The first-order valence-electron chi connectivity index (χ1n) is 15.6. The van der Waals surface area contributed by atoms with E-state index in [2.05, 4.69) is 50.0 Å². The first kappa shape index (κ1) is 51.1. The molecule has 0 radical (unpaired) electrons. The molecule has 2 aromatic carbocycles. The number of benzene rings is 2. The summed E-state index contributed by atoms with van der Waals surface area (Å²) in [4.78, 5) is 85.7. The molecule has 2 unspecified atom stereocenters. The van der Waals surface area contributed by atoms with Crippen LogP contribution < -0.4 is 11.1 Å². The van der Waals surface area contributed by atoms with Crippen LogP contribution in [-0.4, -0.2) is 109 Å². The second kappa shape index (κ2) is 26.8. The minimum absolute atomic E-state index is 0. The van der Waals surface area contributed by atoms with Crippen LogP contribution in [0.4, 0.5) is 14.4 Å². The Balaban J connectivity index is 0.000000965. The number of amides is 3. The quantitative estimate of drug-likeness (QED) is 0.124. The van der Waals surface area contributed by atoms with E-state index in [1.807, 2.05) is 24.3 Å². The van der Waals surface area contributed by atoms with Gasteiger partial charge in [-0.1, -0.05) is 60.7 Å². The van der Waals surface area contributed by atoms with Crippen molar-refractivity contribution in [2.45, 2.75) is 51.7 Å². The van der Waals surface area contributed by atoms with Crippen molar-refractivity contribution in [2.75, 3.05) is 39.4 Å². The Morgan fingerprint density at radius 3 is 1.57 bits per heavy atom. The number of hydrogen-bond donors (Lipinski definition) is 2. The number of rotatable bonds is 13. The summed E-state index contributed by atoms with van der Waals surface area (Å²) in [5.41, 5.74) is 6.25. The number of nitrogens with zero attached hydrogens (tertiary/aromatic N) is 2. The van der Waals surface area contributed by atoms with Crippen molar-refractivity contribution in [2.24, 2.45) is 5.73 Å². The van der Waals surface area contributed by atoms with E-state index < -0.39 is 59.5 Å². The van der Waals surface area contributed by atoms with E-state index in [0.29, 0.717) is 16.0 Å². The van der Waals surface area contributed by atoms with Crippen LogP contribution in [0.3, 0.4) is 0 Å². The van der Waals surface area contributed by atoms with Gasteiger partial charge in [0.25, 0.3) is 0 Å². The molecular formula is C33H42Cl2I2N4O12V. The van der Waals surface area contributed by atoms with Crippen molar-refractivity contribution in [3.8, 4) is 0 Å². The number of carbonyl (C=O) groups excluding carboxylic acids is 7. The summed E-state index contributed by atoms with van der Waals surface area (Å²) in [6.07, 6.45) is -2.17. The number of hydrogen-bond acceptors (Lipinski definition) is 13. The van der Waals surface area contributed by atoms with Gasteiger partial charge < -0.3 is 34.7 Å². The SMILES string of the molecule is CC(C)(C)OC(=O)NC(C(=O)CN1CCOC1=O)C(=O)OCc1ccccc1.Cl.Cl.NC(C(=O)CN1CCOC1=O)C(=O)OCc1ccccc1.[I][V][I]. The van der Waals surface area contributed by atoms with Gasteiger partial charge in [-0.2, -0.15) is 0 Å². The third-order valence-electron chi connectivity index (χ3n) is 6.65. The van der Waals surface area contributed by atoms with Gasteiger partial charge >= 0.3 is 79.6 Å². The van der Waals surface area contributed by atoms with Crippen LogP contribution in [0.2, 0.25) is 0 Å². The van der Waals surface area contributed by atoms with Crippen LogP contribution in [0.1, 0.15) is 31.9 Å². The van der Waals surface area contributed by atoms with Crippen molar-refractivity contribution in [3.05, 3.63) is 71.8 Å². The molecule has 2 aliphatic heterocycles. The van der Waals surface area contributed by atoms with Crippen LogP contribution in [0.15, 0.2) is 60.7 Å². The second-order valence-electron chi connectivity index (χ2n) is 11.8. The fourth-order valence-corrected chi connectivity index (χ4v) is 4.16.